The molecule has 0 atom stereocenters. The van der Waals surface area contributed by atoms with Crippen LogP contribution in [0.15, 0.2) is 0 Å². The maximum atomic E-state index is 11.8. The highest BCUT2D eigenvalue weighted by Crippen LogP contribution is 1.92. The van der Waals surface area contributed by atoms with Gasteiger partial charge in [-0.25, -0.2) is 0 Å². The number of rotatable bonds is 9. The van der Waals surface area contributed by atoms with Crippen LogP contribution in [0.5, 0.6) is 0 Å². The number of hydrogen-bond donors (Lipinski definition) is 1. The summed E-state index contributed by atoms with van der Waals surface area (Å²) in [6.07, 6.45) is 0. The normalized spacial score (nSPS) is 9.74. The van der Waals surface area contributed by atoms with Gasteiger partial charge < -0.3 is 19.7 Å². The van der Waals surface area contributed by atoms with Crippen molar-refractivity contribution in [2.75, 3.05) is 46.1 Å². The summed E-state index contributed by atoms with van der Waals surface area (Å²) in [4.78, 5) is 24.7. The number of nitrogens with one attached hydrogen (secondary N) is 1. The second-order valence-electron chi connectivity index (χ2n) is 3.53. The van der Waals surface area contributed by atoms with Gasteiger partial charge in [0, 0.05) is 26.3 Å². The van der Waals surface area contributed by atoms with Gasteiger partial charge in [-0.1, -0.05) is 0 Å². The molecule has 0 bridgehead atoms. The number of carbonyl (C=O) groups is 2. The molecular weight excluding hydrogens is 250 g/mol. The lowest BCUT2D eigenvalue weighted by molar-refractivity contribution is -0.146. The van der Waals surface area contributed by atoms with Gasteiger partial charge >= 0.3 is 11.8 Å². The molecule has 0 heterocycles. The van der Waals surface area contributed by atoms with E-state index in [1.807, 2.05) is 13.8 Å². The van der Waals surface area contributed by atoms with E-state index in [1.165, 1.54) is 4.90 Å². The van der Waals surface area contributed by atoms with Crippen LogP contribution in [-0.4, -0.2) is 62.8 Å². The third-order valence-corrected chi connectivity index (χ3v) is 2.23. The van der Waals surface area contributed by atoms with E-state index in [0.29, 0.717) is 39.5 Å². The first kappa shape index (κ1) is 17.4. The molecule has 0 rings (SSSR count). The summed E-state index contributed by atoms with van der Waals surface area (Å²) < 4.78 is 10.3. The quantitative estimate of drug-likeness (QED) is 0.348. The Balaban J connectivity index is 4.30. The molecule has 7 heteroatoms. The van der Waals surface area contributed by atoms with Crippen LogP contribution >= 0.6 is 0 Å². The van der Waals surface area contributed by atoms with E-state index in [1.54, 1.807) is 6.07 Å². The molecule has 0 aromatic carbocycles. The van der Waals surface area contributed by atoms with Crippen molar-refractivity contribution in [3.63, 3.8) is 0 Å². The molecule has 1 N–H and O–H groups in total. The Hall–Kier alpha value is -1.65. The van der Waals surface area contributed by atoms with E-state index in [9.17, 15) is 9.59 Å². The van der Waals surface area contributed by atoms with Gasteiger partial charge in [-0.05, 0) is 13.8 Å². The predicted molar refractivity (Wildman–Crippen MR) is 68.2 cm³/mol. The van der Waals surface area contributed by atoms with Crippen LogP contribution in [0.2, 0.25) is 0 Å². The average Bonchev–Trinajstić information content (AvgIpc) is 2.42. The van der Waals surface area contributed by atoms with Crippen molar-refractivity contribution in [2.24, 2.45) is 0 Å². The van der Waals surface area contributed by atoms with Crippen molar-refractivity contribution in [1.82, 2.24) is 10.2 Å². The standard InChI is InChI=1S/C12H21N3O4/c1-3-18-9-7-15(8-10-19-4-2)12(17)11(16)14-6-5-13/h3-4,6-10H2,1-2H3,(H,14,16). The molecule has 0 spiro atoms. The molecule has 0 fully saturated rings. The third-order valence-electron chi connectivity index (χ3n) is 2.23. The van der Waals surface area contributed by atoms with Crippen LogP contribution in [0.25, 0.3) is 0 Å². The number of amides is 2. The van der Waals surface area contributed by atoms with Crippen molar-refractivity contribution in [3.8, 4) is 6.07 Å². The Kier molecular flexibility index (Phi) is 10.4. The van der Waals surface area contributed by atoms with Gasteiger partial charge in [0.25, 0.3) is 0 Å². The fourth-order valence-corrected chi connectivity index (χ4v) is 1.29. The van der Waals surface area contributed by atoms with Gasteiger partial charge in [-0.15, -0.1) is 0 Å². The Labute approximate surface area is 113 Å². The van der Waals surface area contributed by atoms with Crippen molar-refractivity contribution in [2.45, 2.75) is 13.8 Å². The Bertz CT molecular complexity index is 305. The number of hydrogen-bond acceptors (Lipinski definition) is 5. The van der Waals surface area contributed by atoms with Crippen LogP contribution in [0.3, 0.4) is 0 Å². The van der Waals surface area contributed by atoms with Crippen LogP contribution in [0, 0.1) is 11.3 Å². The second-order valence-corrected chi connectivity index (χ2v) is 3.53. The van der Waals surface area contributed by atoms with Crippen molar-refractivity contribution in [3.05, 3.63) is 0 Å². The molecule has 0 aliphatic rings. The van der Waals surface area contributed by atoms with Crippen LogP contribution < -0.4 is 5.32 Å². The summed E-state index contributed by atoms with van der Waals surface area (Å²) >= 11 is 0. The minimum atomic E-state index is -0.783. The molecule has 0 saturated carbocycles. The van der Waals surface area contributed by atoms with Gasteiger partial charge in [-0.2, -0.15) is 5.26 Å². The van der Waals surface area contributed by atoms with Gasteiger partial charge in [0.05, 0.1) is 19.3 Å². The van der Waals surface area contributed by atoms with Gasteiger partial charge in [0.1, 0.15) is 6.54 Å². The maximum absolute atomic E-state index is 11.8. The summed E-state index contributed by atoms with van der Waals surface area (Å²) in [6, 6.07) is 1.74. The molecule has 0 aromatic rings. The van der Waals surface area contributed by atoms with Crippen molar-refractivity contribution in [1.29, 1.82) is 5.26 Å². The zero-order chi connectivity index (χ0) is 14.5. The van der Waals surface area contributed by atoms with Crippen LogP contribution in [0.1, 0.15) is 13.8 Å². The molecule has 2 amide bonds. The molecule has 0 saturated heterocycles. The zero-order valence-corrected chi connectivity index (χ0v) is 11.5. The Morgan fingerprint density at radius 3 is 2.11 bits per heavy atom. The monoisotopic (exact) mass is 271 g/mol. The van der Waals surface area contributed by atoms with Crippen LogP contribution in [0.4, 0.5) is 0 Å². The van der Waals surface area contributed by atoms with Crippen molar-refractivity contribution < 1.29 is 19.1 Å². The molecular formula is C12H21N3O4. The molecule has 0 aliphatic carbocycles. The van der Waals surface area contributed by atoms with E-state index < -0.39 is 11.8 Å². The minimum absolute atomic E-state index is 0.185. The van der Waals surface area contributed by atoms with Gasteiger partial charge in [0.15, 0.2) is 0 Å². The number of nitrogens with zero attached hydrogens (tertiary/aromatic N) is 2. The van der Waals surface area contributed by atoms with E-state index in [0.717, 1.165) is 0 Å². The van der Waals surface area contributed by atoms with Crippen molar-refractivity contribution >= 4 is 11.8 Å². The third kappa shape index (κ3) is 8.13. The zero-order valence-electron chi connectivity index (χ0n) is 11.5. The first-order valence-corrected chi connectivity index (χ1v) is 6.26. The molecule has 19 heavy (non-hydrogen) atoms. The highest BCUT2D eigenvalue weighted by atomic mass is 16.5. The highest BCUT2D eigenvalue weighted by Gasteiger charge is 2.20. The second kappa shape index (κ2) is 11.4. The van der Waals surface area contributed by atoms with E-state index >= 15 is 0 Å². The topological polar surface area (TPSA) is 91.7 Å². The minimum Gasteiger partial charge on any atom is -0.380 e. The Morgan fingerprint density at radius 2 is 1.68 bits per heavy atom. The fourth-order valence-electron chi connectivity index (χ4n) is 1.29. The smallest absolute Gasteiger partial charge is 0.312 e. The Morgan fingerprint density at radius 1 is 1.16 bits per heavy atom. The number of ether oxygens (including phenoxy) is 2. The molecule has 0 unspecified atom stereocenters. The summed E-state index contributed by atoms with van der Waals surface area (Å²) in [5, 5.41) is 10.6. The lowest BCUT2D eigenvalue weighted by Crippen LogP contribution is -2.45. The lowest BCUT2D eigenvalue weighted by Gasteiger charge is -2.21. The van der Waals surface area contributed by atoms with E-state index in [4.69, 9.17) is 14.7 Å². The summed E-state index contributed by atoms with van der Waals surface area (Å²) in [6.45, 7) is 5.98. The maximum Gasteiger partial charge on any atom is 0.312 e. The molecule has 7 nitrogen and oxygen atoms in total. The molecule has 108 valence electrons. The highest BCUT2D eigenvalue weighted by molar-refractivity contribution is 6.35. The van der Waals surface area contributed by atoms with Gasteiger partial charge in [-0.3, -0.25) is 9.59 Å². The molecule has 0 aliphatic heterocycles. The molecule has 0 radical (unpaired) electrons. The first-order valence-electron chi connectivity index (χ1n) is 6.26. The average molecular weight is 271 g/mol. The lowest BCUT2D eigenvalue weighted by atomic mass is 10.4. The van der Waals surface area contributed by atoms with E-state index in [-0.39, 0.29) is 6.54 Å². The number of carbonyl (C=O) groups excluding carboxylic acids is 2. The SMILES string of the molecule is CCOCCN(CCOCC)C(=O)C(=O)NCC#N. The fraction of sp³-hybridized carbons (Fsp3) is 0.750. The summed E-state index contributed by atoms with van der Waals surface area (Å²) in [5.41, 5.74) is 0. The van der Waals surface area contributed by atoms with Gasteiger partial charge in [0.2, 0.25) is 0 Å². The summed E-state index contributed by atoms with van der Waals surface area (Å²) in [7, 11) is 0. The predicted octanol–water partition coefficient (Wildman–Crippen LogP) is -0.472. The van der Waals surface area contributed by atoms with Crippen LogP contribution in [-0.2, 0) is 19.1 Å². The van der Waals surface area contributed by atoms with E-state index in [2.05, 4.69) is 5.32 Å². The molecule has 0 aromatic heterocycles. The largest absolute Gasteiger partial charge is 0.380 e. The number of nitriles is 1. The first-order chi connectivity index (χ1) is 9.17. The summed E-state index contributed by atoms with van der Waals surface area (Å²) in [5.74, 6) is -1.45.